The first-order valence-electron chi connectivity index (χ1n) is 5.52. The van der Waals surface area contributed by atoms with Crippen LogP contribution in [0.15, 0.2) is 24.3 Å². The molecule has 1 aliphatic heterocycles. The zero-order valence-electron chi connectivity index (χ0n) is 9.72. The molecule has 0 unspecified atom stereocenters. The summed E-state index contributed by atoms with van der Waals surface area (Å²) >= 11 is 0. The zero-order valence-corrected chi connectivity index (χ0v) is 10.5. The minimum absolute atomic E-state index is 0.376. The molecule has 3 rings (SSSR count). The summed E-state index contributed by atoms with van der Waals surface area (Å²) in [5.41, 5.74) is 1.36. The van der Waals surface area contributed by atoms with E-state index in [-0.39, 0.29) is 5.82 Å². The molecule has 1 aliphatic rings. The van der Waals surface area contributed by atoms with Gasteiger partial charge in [-0.3, -0.25) is 4.31 Å². The highest BCUT2D eigenvalue weighted by Crippen LogP contribution is 2.30. The lowest BCUT2D eigenvalue weighted by Gasteiger charge is -2.15. The van der Waals surface area contributed by atoms with Crippen LogP contribution < -0.4 is 4.31 Å². The van der Waals surface area contributed by atoms with Gasteiger partial charge in [-0.25, -0.2) is 17.8 Å². The Labute approximate surface area is 104 Å². The number of pyridine rings is 1. The first-order valence-corrected chi connectivity index (χ1v) is 7.37. The van der Waals surface area contributed by atoms with Crippen LogP contribution in [0.1, 0.15) is 5.56 Å². The smallest absolute Gasteiger partial charge is 0.233 e. The van der Waals surface area contributed by atoms with Crippen molar-refractivity contribution in [1.82, 2.24) is 4.98 Å². The van der Waals surface area contributed by atoms with E-state index in [0.29, 0.717) is 24.3 Å². The van der Waals surface area contributed by atoms with Gasteiger partial charge < -0.3 is 0 Å². The molecule has 0 aliphatic carbocycles. The summed E-state index contributed by atoms with van der Waals surface area (Å²) in [5.74, 6) is 0.0504. The second-order valence-electron chi connectivity index (χ2n) is 4.39. The monoisotopic (exact) mass is 266 g/mol. The Balaban J connectivity index is 2.25. The lowest BCUT2D eigenvalue weighted by molar-refractivity contribution is 0.598. The summed E-state index contributed by atoms with van der Waals surface area (Å²) in [7, 11) is -3.32. The Morgan fingerprint density at radius 1 is 1.33 bits per heavy atom. The quantitative estimate of drug-likeness (QED) is 0.789. The third kappa shape index (κ3) is 1.73. The Bertz CT molecular complexity index is 743. The van der Waals surface area contributed by atoms with Gasteiger partial charge in [0.1, 0.15) is 11.6 Å². The predicted molar refractivity (Wildman–Crippen MR) is 67.6 cm³/mol. The van der Waals surface area contributed by atoms with Crippen LogP contribution in [0, 0.1) is 5.82 Å². The summed E-state index contributed by atoms with van der Waals surface area (Å²) in [6.45, 7) is 0.403. The van der Waals surface area contributed by atoms with Gasteiger partial charge in [0.25, 0.3) is 0 Å². The number of sulfonamides is 1. The molecular weight excluding hydrogens is 255 g/mol. The van der Waals surface area contributed by atoms with Crippen LogP contribution in [-0.4, -0.2) is 26.2 Å². The summed E-state index contributed by atoms with van der Waals surface area (Å²) in [6, 6.07) is 6.22. The largest absolute Gasteiger partial charge is 0.253 e. The maximum atomic E-state index is 13.1. The number of rotatable bonds is 1. The van der Waals surface area contributed by atoms with Crippen LogP contribution in [-0.2, 0) is 16.4 Å². The van der Waals surface area contributed by atoms with Crippen LogP contribution in [0.25, 0.3) is 10.9 Å². The predicted octanol–water partition coefficient (Wildman–Crippen LogP) is 1.70. The number of hydrogen-bond acceptors (Lipinski definition) is 3. The van der Waals surface area contributed by atoms with Gasteiger partial charge in [-0.1, -0.05) is 0 Å². The summed E-state index contributed by atoms with van der Waals surface area (Å²) in [6.07, 6.45) is 1.79. The highest BCUT2D eigenvalue weighted by atomic mass is 32.2. The van der Waals surface area contributed by atoms with E-state index in [1.807, 2.05) is 6.07 Å². The van der Waals surface area contributed by atoms with Crippen LogP contribution in [0.3, 0.4) is 0 Å². The van der Waals surface area contributed by atoms with Crippen LogP contribution >= 0.6 is 0 Å². The van der Waals surface area contributed by atoms with Crippen molar-refractivity contribution >= 4 is 26.7 Å². The third-order valence-electron chi connectivity index (χ3n) is 3.06. The standard InChI is InChI=1S/C12H11FN2O2S/c1-18(16,17)15-5-4-9-6-8-2-3-10(13)7-11(8)14-12(9)15/h2-3,6-7H,4-5H2,1H3. The van der Waals surface area contributed by atoms with Crippen LogP contribution in [0.2, 0.25) is 0 Å². The number of aromatic nitrogens is 1. The summed E-state index contributed by atoms with van der Waals surface area (Å²) < 4.78 is 37.6. The fourth-order valence-corrected chi connectivity index (χ4v) is 3.12. The molecule has 4 nitrogen and oxygen atoms in total. The Morgan fingerprint density at radius 2 is 2.11 bits per heavy atom. The number of halogens is 1. The van der Waals surface area contributed by atoms with E-state index in [9.17, 15) is 12.8 Å². The fraction of sp³-hybridized carbons (Fsp3) is 0.250. The lowest BCUT2D eigenvalue weighted by Crippen LogP contribution is -2.28. The Morgan fingerprint density at radius 3 is 2.83 bits per heavy atom. The van der Waals surface area contributed by atoms with Crippen LogP contribution in [0.5, 0.6) is 0 Å². The average Bonchev–Trinajstić information content (AvgIpc) is 2.68. The van der Waals surface area contributed by atoms with Crippen molar-refractivity contribution in [3.63, 3.8) is 0 Å². The van der Waals surface area contributed by atoms with Gasteiger partial charge in [-0.15, -0.1) is 0 Å². The van der Waals surface area contributed by atoms with E-state index in [0.717, 1.165) is 17.2 Å². The van der Waals surface area contributed by atoms with Crippen molar-refractivity contribution in [2.45, 2.75) is 6.42 Å². The second-order valence-corrected chi connectivity index (χ2v) is 6.30. The molecule has 0 spiro atoms. The fourth-order valence-electron chi connectivity index (χ4n) is 2.22. The number of hydrogen-bond donors (Lipinski definition) is 0. The number of benzene rings is 1. The molecule has 0 radical (unpaired) electrons. The molecule has 0 amide bonds. The van der Waals surface area contributed by atoms with E-state index in [2.05, 4.69) is 4.98 Å². The second kappa shape index (κ2) is 3.65. The number of anilines is 1. The SMILES string of the molecule is CS(=O)(=O)N1CCc2cc3ccc(F)cc3nc21. The summed E-state index contributed by atoms with van der Waals surface area (Å²) in [4.78, 5) is 4.27. The van der Waals surface area contributed by atoms with Crippen molar-refractivity contribution < 1.29 is 12.8 Å². The minimum Gasteiger partial charge on any atom is -0.253 e. The molecule has 0 bridgehead atoms. The van der Waals surface area contributed by atoms with Gasteiger partial charge >= 0.3 is 0 Å². The van der Waals surface area contributed by atoms with Gasteiger partial charge in [-0.2, -0.15) is 0 Å². The van der Waals surface area contributed by atoms with Crippen molar-refractivity contribution in [3.8, 4) is 0 Å². The molecule has 0 fully saturated rings. The van der Waals surface area contributed by atoms with Gasteiger partial charge in [0.15, 0.2) is 0 Å². The molecule has 0 N–H and O–H groups in total. The van der Waals surface area contributed by atoms with Crippen molar-refractivity contribution in [3.05, 3.63) is 35.6 Å². The Hall–Kier alpha value is -1.69. The van der Waals surface area contributed by atoms with E-state index < -0.39 is 10.0 Å². The first kappa shape index (κ1) is 11.4. The normalized spacial score (nSPS) is 15.1. The molecule has 0 saturated carbocycles. The molecule has 6 heteroatoms. The van der Waals surface area contributed by atoms with Gasteiger partial charge in [0.05, 0.1) is 11.8 Å². The van der Waals surface area contributed by atoms with E-state index in [1.54, 1.807) is 6.07 Å². The van der Waals surface area contributed by atoms with Crippen LogP contribution in [0.4, 0.5) is 10.2 Å². The van der Waals surface area contributed by atoms with E-state index in [1.165, 1.54) is 16.4 Å². The first-order chi connectivity index (χ1) is 8.45. The topological polar surface area (TPSA) is 50.3 Å². The lowest BCUT2D eigenvalue weighted by atomic mass is 10.1. The molecule has 94 valence electrons. The minimum atomic E-state index is -3.32. The molecule has 0 atom stereocenters. The maximum absolute atomic E-state index is 13.1. The average molecular weight is 266 g/mol. The van der Waals surface area contributed by atoms with Crippen molar-refractivity contribution in [2.75, 3.05) is 17.1 Å². The third-order valence-corrected chi connectivity index (χ3v) is 4.21. The van der Waals surface area contributed by atoms with E-state index in [4.69, 9.17) is 0 Å². The molecule has 2 aromatic rings. The molecule has 0 saturated heterocycles. The highest BCUT2D eigenvalue weighted by Gasteiger charge is 2.27. The number of fused-ring (bicyclic) bond motifs is 2. The van der Waals surface area contributed by atoms with Gasteiger partial charge in [0, 0.05) is 18.0 Å². The van der Waals surface area contributed by atoms with Crippen molar-refractivity contribution in [2.24, 2.45) is 0 Å². The zero-order chi connectivity index (χ0) is 12.9. The highest BCUT2D eigenvalue weighted by molar-refractivity contribution is 7.92. The molecule has 1 aromatic heterocycles. The molecule has 18 heavy (non-hydrogen) atoms. The Kier molecular flexibility index (Phi) is 2.31. The summed E-state index contributed by atoms with van der Waals surface area (Å²) in [5, 5.41) is 0.825. The van der Waals surface area contributed by atoms with E-state index >= 15 is 0 Å². The molecular formula is C12H11FN2O2S. The molecule has 1 aromatic carbocycles. The van der Waals surface area contributed by atoms with Gasteiger partial charge in [0.2, 0.25) is 10.0 Å². The van der Waals surface area contributed by atoms with Gasteiger partial charge in [-0.05, 0) is 30.2 Å². The van der Waals surface area contributed by atoms with Crippen molar-refractivity contribution in [1.29, 1.82) is 0 Å². The number of nitrogens with zero attached hydrogens (tertiary/aromatic N) is 2. The maximum Gasteiger partial charge on any atom is 0.233 e. The molecule has 2 heterocycles.